The standard InChI is InChI=1S/C29H31ClN8O/c1-19-2-7-24(8-3-19)37-10-12-38(13-11-37)29(39)35-26-9-6-22-15-21(26)5-4-20-14-23(17-31-16-20)34-28-32-18-25(30)27(33-22)36-28/h2-3,6-9,15-18,20H,4-5,10-14H2,1H3,(H,35,39)(H2,32,33,34,36). The van der Waals surface area contributed by atoms with E-state index < -0.39 is 0 Å². The van der Waals surface area contributed by atoms with Crippen LogP contribution in [0, 0.1) is 12.8 Å². The first-order chi connectivity index (χ1) is 19.0. The molecule has 10 heteroatoms. The summed E-state index contributed by atoms with van der Waals surface area (Å²) in [7, 11) is 0. The van der Waals surface area contributed by atoms with E-state index >= 15 is 0 Å². The molecule has 2 aromatic carbocycles. The Kier molecular flexibility index (Phi) is 7.06. The number of allylic oxidation sites excluding steroid dienone is 1. The predicted molar refractivity (Wildman–Crippen MR) is 157 cm³/mol. The first-order valence-electron chi connectivity index (χ1n) is 13.3. The van der Waals surface area contributed by atoms with Crippen LogP contribution in [0.2, 0.25) is 5.02 Å². The molecule has 39 heavy (non-hydrogen) atoms. The SMILES string of the molecule is Cc1ccc(N2CCN(C(=O)Nc3ccc4cc3CCC3C=NC=C(C3)Nc3ncc(Cl)c(n3)N4)CC2)cc1. The Bertz CT molecular complexity index is 1430. The molecule has 1 fully saturated rings. The Balaban J connectivity index is 1.19. The van der Waals surface area contributed by atoms with Crippen molar-refractivity contribution in [3.63, 3.8) is 0 Å². The van der Waals surface area contributed by atoms with E-state index in [1.807, 2.05) is 29.4 Å². The van der Waals surface area contributed by atoms with E-state index in [2.05, 4.69) is 73.1 Å². The lowest BCUT2D eigenvalue weighted by Crippen LogP contribution is -2.50. The molecule has 0 radical (unpaired) electrons. The van der Waals surface area contributed by atoms with Gasteiger partial charge in [0.1, 0.15) is 5.02 Å². The van der Waals surface area contributed by atoms with Crippen LogP contribution < -0.4 is 20.9 Å². The molecule has 0 saturated carbocycles. The van der Waals surface area contributed by atoms with Crippen LogP contribution >= 0.6 is 11.6 Å². The number of fused-ring (bicyclic) bond motifs is 6. The number of benzene rings is 2. The minimum atomic E-state index is -0.0735. The van der Waals surface area contributed by atoms with Crippen molar-refractivity contribution in [2.24, 2.45) is 10.9 Å². The Morgan fingerprint density at radius 2 is 1.90 bits per heavy atom. The van der Waals surface area contributed by atoms with Crippen molar-refractivity contribution in [1.29, 1.82) is 0 Å². The van der Waals surface area contributed by atoms with Crippen LogP contribution in [0.15, 0.2) is 65.6 Å². The molecule has 1 atom stereocenters. The normalized spacial score (nSPS) is 18.5. The van der Waals surface area contributed by atoms with Crippen LogP contribution in [0.25, 0.3) is 0 Å². The maximum absolute atomic E-state index is 13.3. The summed E-state index contributed by atoms with van der Waals surface area (Å²) in [5.41, 5.74) is 6.11. The predicted octanol–water partition coefficient (Wildman–Crippen LogP) is 5.83. The van der Waals surface area contributed by atoms with Gasteiger partial charge in [-0.25, -0.2) is 9.78 Å². The van der Waals surface area contributed by atoms with E-state index in [-0.39, 0.29) is 11.9 Å². The van der Waals surface area contributed by atoms with Crippen molar-refractivity contribution in [3.8, 4) is 0 Å². The summed E-state index contributed by atoms with van der Waals surface area (Å²) in [6, 6.07) is 14.4. The Hall–Kier alpha value is -4.11. The number of hydrogen-bond acceptors (Lipinski definition) is 7. The highest BCUT2D eigenvalue weighted by atomic mass is 35.5. The van der Waals surface area contributed by atoms with E-state index in [1.54, 1.807) is 6.20 Å². The van der Waals surface area contributed by atoms with Gasteiger partial charge in [-0.1, -0.05) is 29.3 Å². The van der Waals surface area contributed by atoms with Gasteiger partial charge in [0.25, 0.3) is 0 Å². The van der Waals surface area contributed by atoms with Gasteiger partial charge in [0.05, 0.1) is 6.20 Å². The molecule has 1 aromatic heterocycles. The largest absolute Gasteiger partial charge is 0.368 e. The number of hydrogen-bond donors (Lipinski definition) is 3. The summed E-state index contributed by atoms with van der Waals surface area (Å²) in [5, 5.41) is 10.2. The lowest BCUT2D eigenvalue weighted by Gasteiger charge is -2.36. The van der Waals surface area contributed by atoms with Gasteiger partial charge in [-0.05, 0) is 62.1 Å². The molecule has 3 aromatic rings. The average Bonchev–Trinajstić information content (AvgIpc) is 2.95. The van der Waals surface area contributed by atoms with E-state index in [1.165, 1.54) is 11.3 Å². The lowest BCUT2D eigenvalue weighted by atomic mass is 9.94. The molecule has 3 N–H and O–H groups in total. The zero-order chi connectivity index (χ0) is 26.8. The van der Waals surface area contributed by atoms with Gasteiger partial charge in [-0.15, -0.1) is 0 Å². The second kappa shape index (κ2) is 10.9. The minimum Gasteiger partial charge on any atom is -0.368 e. The number of urea groups is 1. The number of aliphatic imine (C=N–C) groups is 1. The van der Waals surface area contributed by atoms with E-state index in [9.17, 15) is 4.79 Å². The van der Waals surface area contributed by atoms with Gasteiger partial charge in [0.2, 0.25) is 5.95 Å². The summed E-state index contributed by atoms with van der Waals surface area (Å²) < 4.78 is 0. The summed E-state index contributed by atoms with van der Waals surface area (Å²) >= 11 is 6.39. The molecular weight excluding hydrogens is 512 g/mol. The zero-order valence-corrected chi connectivity index (χ0v) is 22.6. The van der Waals surface area contributed by atoms with E-state index in [0.717, 1.165) is 55.0 Å². The van der Waals surface area contributed by atoms with Crippen LogP contribution in [-0.2, 0) is 6.42 Å². The molecule has 0 aliphatic carbocycles. The average molecular weight is 543 g/mol. The number of rotatable bonds is 2. The zero-order valence-electron chi connectivity index (χ0n) is 21.8. The number of anilines is 5. The molecule has 1 saturated heterocycles. The van der Waals surface area contributed by atoms with Gasteiger partial charge >= 0.3 is 6.03 Å². The van der Waals surface area contributed by atoms with Crippen molar-refractivity contribution in [3.05, 3.63) is 76.7 Å². The number of nitrogens with zero attached hydrogens (tertiary/aromatic N) is 5. The van der Waals surface area contributed by atoms with Crippen molar-refractivity contribution in [2.75, 3.05) is 47.0 Å². The minimum absolute atomic E-state index is 0.0735. The number of aryl methyl sites for hydroxylation is 2. The summed E-state index contributed by atoms with van der Waals surface area (Å²) in [6.07, 6.45) is 7.87. The lowest BCUT2D eigenvalue weighted by molar-refractivity contribution is 0.208. The molecule has 9 nitrogen and oxygen atoms in total. The number of carbonyl (C=O) groups excluding carboxylic acids is 1. The second-order valence-electron chi connectivity index (χ2n) is 10.2. The molecule has 2 amide bonds. The van der Waals surface area contributed by atoms with Crippen molar-refractivity contribution in [2.45, 2.75) is 26.2 Å². The Morgan fingerprint density at radius 3 is 2.72 bits per heavy atom. The number of halogens is 1. The monoisotopic (exact) mass is 542 g/mol. The van der Waals surface area contributed by atoms with Crippen molar-refractivity contribution in [1.82, 2.24) is 14.9 Å². The number of piperazine rings is 1. The van der Waals surface area contributed by atoms with Crippen LogP contribution in [0.1, 0.15) is 24.0 Å². The highest BCUT2D eigenvalue weighted by Gasteiger charge is 2.23. The van der Waals surface area contributed by atoms with Gasteiger partial charge in [-0.3, -0.25) is 4.99 Å². The highest BCUT2D eigenvalue weighted by Crippen LogP contribution is 2.31. The molecule has 1 unspecified atom stereocenters. The molecule has 3 aliphatic heterocycles. The number of nitrogens with one attached hydrogen (secondary N) is 3. The third-order valence-corrected chi connectivity index (χ3v) is 7.66. The molecule has 0 spiro atoms. The van der Waals surface area contributed by atoms with Crippen LogP contribution in [-0.4, -0.2) is 53.3 Å². The van der Waals surface area contributed by atoms with Gasteiger partial charge in [-0.2, -0.15) is 4.98 Å². The summed E-state index contributed by atoms with van der Waals surface area (Å²) in [4.78, 5) is 30.8. The van der Waals surface area contributed by atoms with Gasteiger partial charge in [0, 0.05) is 67.3 Å². The van der Waals surface area contributed by atoms with Crippen LogP contribution in [0.5, 0.6) is 0 Å². The first-order valence-corrected chi connectivity index (χ1v) is 13.7. The first kappa shape index (κ1) is 25.2. The fourth-order valence-corrected chi connectivity index (χ4v) is 5.29. The number of carbonyl (C=O) groups is 1. The fourth-order valence-electron chi connectivity index (χ4n) is 5.16. The van der Waals surface area contributed by atoms with Gasteiger partial charge < -0.3 is 25.8 Å². The Morgan fingerprint density at radius 1 is 1.08 bits per heavy atom. The molecule has 3 aliphatic rings. The van der Waals surface area contributed by atoms with Crippen LogP contribution in [0.3, 0.4) is 0 Å². The van der Waals surface area contributed by atoms with Crippen molar-refractivity contribution >= 4 is 52.7 Å². The third-order valence-electron chi connectivity index (χ3n) is 7.39. The maximum Gasteiger partial charge on any atom is 0.321 e. The van der Waals surface area contributed by atoms with Crippen LogP contribution in [0.4, 0.5) is 33.6 Å². The molecule has 6 rings (SSSR count). The molecule has 4 heterocycles. The third kappa shape index (κ3) is 5.83. The quantitative estimate of drug-likeness (QED) is 0.377. The van der Waals surface area contributed by atoms with Gasteiger partial charge in [0.15, 0.2) is 5.82 Å². The fraction of sp³-hybridized carbons (Fsp3) is 0.310. The number of amides is 2. The molecule has 6 bridgehead atoms. The smallest absolute Gasteiger partial charge is 0.321 e. The van der Waals surface area contributed by atoms with Crippen molar-refractivity contribution < 1.29 is 4.79 Å². The topological polar surface area (TPSA) is 97.8 Å². The Labute approximate surface area is 233 Å². The second-order valence-corrected chi connectivity index (χ2v) is 10.6. The van der Waals surface area contributed by atoms with E-state index in [4.69, 9.17) is 11.6 Å². The highest BCUT2D eigenvalue weighted by molar-refractivity contribution is 6.32. The van der Waals surface area contributed by atoms with E-state index in [0.29, 0.717) is 29.9 Å². The summed E-state index contributed by atoms with van der Waals surface area (Å²) in [6.45, 7) is 5.04. The molecule has 200 valence electrons. The summed E-state index contributed by atoms with van der Waals surface area (Å²) in [5.74, 6) is 1.24. The number of aromatic nitrogens is 2. The maximum atomic E-state index is 13.3. The molecular formula is C29H31ClN8O.